The van der Waals surface area contributed by atoms with Gasteiger partial charge in [-0.2, -0.15) is 0 Å². The van der Waals surface area contributed by atoms with Crippen LogP contribution in [0.25, 0.3) is 11.1 Å². The van der Waals surface area contributed by atoms with Gasteiger partial charge in [0.05, 0.1) is 0 Å². The Bertz CT molecular complexity index is 557. The van der Waals surface area contributed by atoms with Crippen LogP contribution in [0.5, 0.6) is 0 Å². The maximum absolute atomic E-state index is 2.48. The largest absolute Gasteiger partial charge is 0.300 e. The fourth-order valence-electron chi connectivity index (χ4n) is 3.22. The average molecular weight is 325 g/mol. The van der Waals surface area contributed by atoms with E-state index in [2.05, 4.69) is 86.0 Å². The quantitative estimate of drug-likeness (QED) is 0.638. The first-order valence-electron chi connectivity index (χ1n) is 9.34. The molecule has 0 radical (unpaired) electrons. The summed E-state index contributed by atoms with van der Waals surface area (Å²) in [6, 6.07) is 17.8. The minimum absolute atomic E-state index is 1.02. The second kappa shape index (κ2) is 9.61. The topological polar surface area (TPSA) is 6.48 Å². The van der Waals surface area contributed by atoms with Crippen molar-refractivity contribution in [3.05, 3.63) is 59.7 Å². The lowest BCUT2D eigenvalue weighted by Gasteiger charge is -2.23. The van der Waals surface area contributed by atoms with Gasteiger partial charge in [-0.1, -0.05) is 76.2 Å². The summed E-state index contributed by atoms with van der Waals surface area (Å²) in [7, 11) is 0. The van der Waals surface area contributed by atoms with Gasteiger partial charge in [-0.15, -0.1) is 0 Å². The second-order valence-corrected chi connectivity index (χ2v) is 6.24. The minimum atomic E-state index is 1.02. The van der Waals surface area contributed by atoms with Crippen LogP contribution in [0.3, 0.4) is 0 Å². The summed E-state index contributed by atoms with van der Waals surface area (Å²) < 4.78 is 0. The minimum Gasteiger partial charge on any atom is -0.300 e. The van der Waals surface area contributed by atoms with Crippen LogP contribution in [-0.4, -0.2) is 36.0 Å². The van der Waals surface area contributed by atoms with Gasteiger partial charge in [-0.25, -0.2) is 0 Å². The van der Waals surface area contributed by atoms with Crippen molar-refractivity contribution in [2.75, 3.05) is 26.2 Å². The highest BCUT2D eigenvalue weighted by Crippen LogP contribution is 2.29. The van der Waals surface area contributed by atoms with E-state index < -0.39 is 0 Å². The molecule has 2 aromatic rings. The van der Waals surface area contributed by atoms with Crippen molar-refractivity contribution in [1.29, 1.82) is 0 Å². The SMILES string of the molecule is CCN(CC)Cc1ccccc1-c1ccccc1CN(CC)CC. The number of hydrogen-bond donors (Lipinski definition) is 0. The van der Waals surface area contributed by atoms with E-state index in [1.54, 1.807) is 0 Å². The van der Waals surface area contributed by atoms with Crippen molar-refractivity contribution in [2.45, 2.75) is 40.8 Å². The van der Waals surface area contributed by atoms with Crippen molar-refractivity contribution >= 4 is 0 Å². The average Bonchev–Trinajstić information content (AvgIpc) is 2.64. The predicted molar refractivity (Wildman–Crippen MR) is 105 cm³/mol. The lowest BCUT2D eigenvalue weighted by Crippen LogP contribution is -2.23. The zero-order chi connectivity index (χ0) is 17.4. The van der Waals surface area contributed by atoms with Gasteiger partial charge < -0.3 is 0 Å². The van der Waals surface area contributed by atoms with Crippen LogP contribution in [0.15, 0.2) is 48.5 Å². The molecule has 0 aliphatic rings. The van der Waals surface area contributed by atoms with E-state index in [9.17, 15) is 0 Å². The molecule has 0 aromatic heterocycles. The third-order valence-electron chi connectivity index (χ3n) is 4.90. The predicted octanol–water partition coefficient (Wildman–Crippen LogP) is 5.04. The molecule has 0 atom stereocenters. The lowest BCUT2D eigenvalue weighted by atomic mass is 9.94. The molecule has 24 heavy (non-hydrogen) atoms. The third-order valence-corrected chi connectivity index (χ3v) is 4.90. The van der Waals surface area contributed by atoms with Crippen LogP contribution < -0.4 is 0 Å². The van der Waals surface area contributed by atoms with E-state index >= 15 is 0 Å². The highest BCUT2D eigenvalue weighted by molar-refractivity contribution is 5.70. The van der Waals surface area contributed by atoms with Crippen molar-refractivity contribution < 1.29 is 0 Å². The molecule has 0 N–H and O–H groups in total. The molecule has 130 valence electrons. The Balaban J connectivity index is 2.38. The van der Waals surface area contributed by atoms with Crippen LogP contribution in [0.2, 0.25) is 0 Å². The fraction of sp³-hybridized carbons (Fsp3) is 0.455. The van der Waals surface area contributed by atoms with E-state index in [0.717, 1.165) is 39.3 Å². The normalized spacial score (nSPS) is 11.4. The highest BCUT2D eigenvalue weighted by atomic mass is 15.1. The molecule has 0 fully saturated rings. The van der Waals surface area contributed by atoms with Gasteiger partial charge in [-0.3, -0.25) is 9.80 Å². The van der Waals surface area contributed by atoms with E-state index in [1.807, 2.05) is 0 Å². The van der Waals surface area contributed by atoms with Crippen LogP contribution >= 0.6 is 0 Å². The molecule has 0 amide bonds. The standard InChI is InChI=1S/C22H32N2/c1-5-23(6-2)17-19-13-9-11-15-21(19)22-16-12-10-14-20(22)18-24(7-3)8-4/h9-16H,5-8,17-18H2,1-4H3. The highest BCUT2D eigenvalue weighted by Gasteiger charge is 2.12. The van der Waals surface area contributed by atoms with E-state index in [4.69, 9.17) is 0 Å². The van der Waals surface area contributed by atoms with E-state index in [-0.39, 0.29) is 0 Å². The first kappa shape index (κ1) is 18.7. The van der Waals surface area contributed by atoms with Crippen molar-refractivity contribution in [2.24, 2.45) is 0 Å². The maximum atomic E-state index is 2.48. The van der Waals surface area contributed by atoms with E-state index in [0.29, 0.717) is 0 Å². The van der Waals surface area contributed by atoms with Gasteiger partial charge in [0.1, 0.15) is 0 Å². The van der Waals surface area contributed by atoms with Crippen molar-refractivity contribution in [3.63, 3.8) is 0 Å². The smallest absolute Gasteiger partial charge is 0.0239 e. The Labute approximate surface area is 148 Å². The van der Waals surface area contributed by atoms with Gasteiger partial charge in [-0.05, 0) is 48.4 Å². The molecule has 2 nitrogen and oxygen atoms in total. The number of rotatable bonds is 9. The zero-order valence-electron chi connectivity index (χ0n) is 15.8. The summed E-state index contributed by atoms with van der Waals surface area (Å²) in [6.07, 6.45) is 0. The molecule has 0 saturated carbocycles. The molecular formula is C22H32N2. The molecule has 0 heterocycles. The second-order valence-electron chi connectivity index (χ2n) is 6.24. The third kappa shape index (κ3) is 4.68. The summed E-state index contributed by atoms with van der Waals surface area (Å²) in [6.45, 7) is 15.3. The first-order chi connectivity index (χ1) is 11.7. The van der Waals surface area contributed by atoms with Gasteiger partial charge in [0, 0.05) is 13.1 Å². The summed E-state index contributed by atoms with van der Waals surface area (Å²) >= 11 is 0. The number of benzene rings is 2. The van der Waals surface area contributed by atoms with E-state index in [1.165, 1.54) is 22.3 Å². The zero-order valence-corrected chi connectivity index (χ0v) is 15.8. The monoisotopic (exact) mass is 324 g/mol. The first-order valence-corrected chi connectivity index (χ1v) is 9.34. The summed E-state index contributed by atoms with van der Waals surface area (Å²) in [5.41, 5.74) is 5.61. The summed E-state index contributed by atoms with van der Waals surface area (Å²) in [5.74, 6) is 0. The Morgan fingerprint density at radius 3 is 1.21 bits per heavy atom. The summed E-state index contributed by atoms with van der Waals surface area (Å²) in [5, 5.41) is 0. The van der Waals surface area contributed by atoms with Crippen molar-refractivity contribution in [1.82, 2.24) is 9.80 Å². The molecular weight excluding hydrogens is 292 g/mol. The lowest BCUT2D eigenvalue weighted by molar-refractivity contribution is 0.295. The molecule has 0 saturated heterocycles. The van der Waals surface area contributed by atoms with Gasteiger partial charge in [0.25, 0.3) is 0 Å². The van der Waals surface area contributed by atoms with Gasteiger partial charge in [0.15, 0.2) is 0 Å². The molecule has 0 aliphatic heterocycles. The summed E-state index contributed by atoms with van der Waals surface area (Å²) in [4.78, 5) is 4.96. The maximum Gasteiger partial charge on any atom is 0.0239 e. The molecule has 0 aliphatic carbocycles. The van der Waals surface area contributed by atoms with Crippen LogP contribution in [0.1, 0.15) is 38.8 Å². The van der Waals surface area contributed by atoms with Gasteiger partial charge >= 0.3 is 0 Å². The molecule has 2 rings (SSSR count). The van der Waals surface area contributed by atoms with Crippen LogP contribution in [-0.2, 0) is 13.1 Å². The number of hydrogen-bond acceptors (Lipinski definition) is 2. The van der Waals surface area contributed by atoms with Gasteiger partial charge in [0.2, 0.25) is 0 Å². The van der Waals surface area contributed by atoms with Crippen LogP contribution in [0.4, 0.5) is 0 Å². The molecule has 0 spiro atoms. The molecule has 0 unspecified atom stereocenters. The Morgan fingerprint density at radius 1 is 0.542 bits per heavy atom. The fourth-order valence-corrected chi connectivity index (χ4v) is 3.22. The molecule has 0 bridgehead atoms. The Kier molecular flexibility index (Phi) is 7.48. The molecule has 2 aromatic carbocycles. The Hall–Kier alpha value is -1.64. The Morgan fingerprint density at radius 2 is 0.875 bits per heavy atom. The molecule has 2 heteroatoms. The number of nitrogens with zero attached hydrogens (tertiary/aromatic N) is 2. The van der Waals surface area contributed by atoms with Crippen molar-refractivity contribution in [3.8, 4) is 11.1 Å². The van der Waals surface area contributed by atoms with Crippen LogP contribution in [0, 0.1) is 0 Å².